The van der Waals surface area contributed by atoms with Crippen molar-refractivity contribution < 1.29 is 4.92 Å². The van der Waals surface area contributed by atoms with Gasteiger partial charge in [-0.3, -0.25) is 14.7 Å². The minimum Gasteiger partial charge on any atom is -0.274 e. The molecule has 0 bridgehead atoms. The Labute approximate surface area is 162 Å². The molecule has 0 radical (unpaired) electrons. The molecule has 0 aliphatic heterocycles. The Kier molecular flexibility index (Phi) is 5.91. The molecular formula is C20H22N4O2S. The molecule has 7 heteroatoms. The monoisotopic (exact) mass is 382 g/mol. The zero-order valence-corrected chi connectivity index (χ0v) is 16.4. The summed E-state index contributed by atoms with van der Waals surface area (Å²) < 4.78 is 1.93. The number of nitrogens with zero attached hydrogens (tertiary/aromatic N) is 4. The summed E-state index contributed by atoms with van der Waals surface area (Å²) in [7, 11) is 0. The first-order valence-electron chi connectivity index (χ1n) is 8.81. The van der Waals surface area contributed by atoms with E-state index in [1.165, 1.54) is 17.3 Å². The van der Waals surface area contributed by atoms with E-state index in [0.717, 1.165) is 17.1 Å². The number of aryl methyl sites for hydroxylation is 1. The van der Waals surface area contributed by atoms with Crippen LogP contribution in [0.3, 0.4) is 0 Å². The van der Waals surface area contributed by atoms with Gasteiger partial charge in [0.2, 0.25) is 6.54 Å². The molecule has 27 heavy (non-hydrogen) atoms. The maximum atomic E-state index is 11.3. The van der Waals surface area contributed by atoms with Crippen molar-refractivity contribution in [2.45, 2.75) is 37.1 Å². The van der Waals surface area contributed by atoms with Gasteiger partial charge in [0.05, 0.1) is 0 Å². The van der Waals surface area contributed by atoms with E-state index in [4.69, 9.17) is 0 Å². The predicted octanol–water partition coefficient (Wildman–Crippen LogP) is 4.81. The van der Waals surface area contributed by atoms with E-state index in [-0.39, 0.29) is 16.7 Å². The fourth-order valence-corrected chi connectivity index (χ4v) is 4.04. The lowest BCUT2D eigenvalue weighted by Crippen LogP contribution is -2.11. The van der Waals surface area contributed by atoms with Crippen LogP contribution in [0.1, 0.15) is 42.0 Å². The van der Waals surface area contributed by atoms with Gasteiger partial charge in [0.15, 0.2) is 5.16 Å². The van der Waals surface area contributed by atoms with Crippen LogP contribution in [0.2, 0.25) is 0 Å². The maximum absolute atomic E-state index is 11.3. The zero-order chi connectivity index (χ0) is 19.4. The normalized spacial score (nSPS) is 12.3. The standard InChI is InChI=1S/C20H22N4O2S/c1-14(2)16-9-11-17(12-10-16)19(13-23(25)26)27-20-22-21-15(3)24(20)18-7-5-4-6-8-18/h4-12,14,19H,13H2,1-3H3/t19-/m0/s1. The van der Waals surface area contributed by atoms with Gasteiger partial charge in [0, 0.05) is 10.6 Å². The maximum Gasteiger partial charge on any atom is 0.220 e. The number of para-hydroxylation sites is 1. The smallest absolute Gasteiger partial charge is 0.220 e. The van der Waals surface area contributed by atoms with Crippen LogP contribution >= 0.6 is 11.8 Å². The SMILES string of the molecule is Cc1nnc(S[C@@H](C[N+](=O)[O-])c2ccc(C(C)C)cc2)n1-c1ccccc1. The van der Waals surface area contributed by atoms with Crippen LogP contribution in [0.4, 0.5) is 0 Å². The molecule has 0 saturated heterocycles. The van der Waals surface area contributed by atoms with Gasteiger partial charge in [-0.05, 0) is 36.1 Å². The molecule has 3 aromatic rings. The minimum absolute atomic E-state index is 0.174. The molecule has 0 aliphatic rings. The Morgan fingerprint density at radius 1 is 1.04 bits per heavy atom. The van der Waals surface area contributed by atoms with Gasteiger partial charge in [0.1, 0.15) is 11.1 Å². The summed E-state index contributed by atoms with van der Waals surface area (Å²) in [5, 5.41) is 20.0. The van der Waals surface area contributed by atoms with Crippen molar-refractivity contribution in [1.82, 2.24) is 14.8 Å². The van der Waals surface area contributed by atoms with E-state index in [9.17, 15) is 10.1 Å². The number of nitro groups is 1. The van der Waals surface area contributed by atoms with Crippen LogP contribution in [0.15, 0.2) is 59.8 Å². The molecule has 1 heterocycles. The molecule has 0 unspecified atom stereocenters. The number of rotatable bonds is 7. The second kappa shape index (κ2) is 8.35. The van der Waals surface area contributed by atoms with E-state index in [2.05, 4.69) is 24.0 Å². The molecule has 1 atom stereocenters. The van der Waals surface area contributed by atoms with Crippen molar-refractivity contribution >= 4 is 11.8 Å². The highest BCUT2D eigenvalue weighted by Crippen LogP contribution is 2.36. The number of thioether (sulfide) groups is 1. The average molecular weight is 382 g/mol. The lowest BCUT2D eigenvalue weighted by Gasteiger charge is -2.15. The van der Waals surface area contributed by atoms with Crippen LogP contribution in [0.5, 0.6) is 0 Å². The van der Waals surface area contributed by atoms with Gasteiger partial charge in [-0.15, -0.1) is 10.2 Å². The molecule has 0 aliphatic carbocycles. The van der Waals surface area contributed by atoms with Gasteiger partial charge >= 0.3 is 0 Å². The lowest BCUT2D eigenvalue weighted by atomic mass is 10.0. The second-order valence-electron chi connectivity index (χ2n) is 6.64. The quantitative estimate of drug-likeness (QED) is 0.333. The second-order valence-corrected chi connectivity index (χ2v) is 7.81. The molecule has 1 aromatic heterocycles. The third-order valence-corrected chi connectivity index (χ3v) is 5.53. The highest BCUT2D eigenvalue weighted by Gasteiger charge is 2.23. The highest BCUT2D eigenvalue weighted by molar-refractivity contribution is 7.99. The Morgan fingerprint density at radius 2 is 1.67 bits per heavy atom. The first-order valence-corrected chi connectivity index (χ1v) is 9.69. The van der Waals surface area contributed by atoms with E-state index < -0.39 is 0 Å². The van der Waals surface area contributed by atoms with Gasteiger partial charge < -0.3 is 0 Å². The Balaban J connectivity index is 1.93. The molecule has 2 aromatic carbocycles. The van der Waals surface area contributed by atoms with E-state index in [1.807, 2.05) is 66.1 Å². The molecule has 140 valence electrons. The van der Waals surface area contributed by atoms with Crippen molar-refractivity contribution in [3.63, 3.8) is 0 Å². The molecule has 0 N–H and O–H groups in total. The van der Waals surface area contributed by atoms with Crippen molar-refractivity contribution in [1.29, 1.82) is 0 Å². The zero-order valence-electron chi connectivity index (χ0n) is 15.6. The van der Waals surface area contributed by atoms with Crippen molar-refractivity contribution in [3.8, 4) is 5.69 Å². The summed E-state index contributed by atoms with van der Waals surface area (Å²) in [6.45, 7) is 5.96. The van der Waals surface area contributed by atoms with Crippen molar-refractivity contribution in [2.75, 3.05) is 6.54 Å². The average Bonchev–Trinajstić information content (AvgIpc) is 3.02. The first-order chi connectivity index (χ1) is 13.0. The summed E-state index contributed by atoms with van der Waals surface area (Å²) in [6.07, 6.45) is 0. The summed E-state index contributed by atoms with van der Waals surface area (Å²) in [5.41, 5.74) is 3.07. The molecule has 0 amide bonds. The molecule has 0 fully saturated rings. The summed E-state index contributed by atoms with van der Waals surface area (Å²) >= 11 is 1.37. The van der Waals surface area contributed by atoms with Crippen LogP contribution in [-0.2, 0) is 0 Å². The van der Waals surface area contributed by atoms with Gasteiger partial charge in [-0.2, -0.15) is 0 Å². The lowest BCUT2D eigenvalue weighted by molar-refractivity contribution is -0.479. The molecule has 0 spiro atoms. The Bertz CT molecular complexity index is 907. The molecular weight excluding hydrogens is 360 g/mol. The Hall–Kier alpha value is -2.67. The fourth-order valence-electron chi connectivity index (χ4n) is 2.86. The fraction of sp³-hybridized carbons (Fsp3) is 0.300. The van der Waals surface area contributed by atoms with Gasteiger partial charge in [0.25, 0.3) is 0 Å². The summed E-state index contributed by atoms with van der Waals surface area (Å²) in [4.78, 5) is 11.0. The third-order valence-electron chi connectivity index (χ3n) is 4.35. The minimum atomic E-state index is -0.340. The number of benzene rings is 2. The van der Waals surface area contributed by atoms with Crippen LogP contribution < -0.4 is 0 Å². The third kappa shape index (κ3) is 4.54. The number of hydrogen-bond donors (Lipinski definition) is 0. The Morgan fingerprint density at radius 3 is 2.26 bits per heavy atom. The molecule has 6 nitrogen and oxygen atoms in total. The first kappa shape index (κ1) is 19.1. The van der Waals surface area contributed by atoms with E-state index in [1.54, 1.807) is 0 Å². The molecule has 0 saturated carbocycles. The van der Waals surface area contributed by atoms with E-state index >= 15 is 0 Å². The van der Waals surface area contributed by atoms with E-state index in [0.29, 0.717) is 11.1 Å². The molecule has 3 rings (SSSR count). The summed E-state index contributed by atoms with van der Waals surface area (Å²) in [5.74, 6) is 1.17. The predicted molar refractivity (Wildman–Crippen MR) is 107 cm³/mol. The van der Waals surface area contributed by atoms with Crippen LogP contribution in [-0.4, -0.2) is 26.2 Å². The number of aromatic nitrogens is 3. The van der Waals surface area contributed by atoms with Crippen molar-refractivity contribution in [3.05, 3.63) is 81.7 Å². The summed E-state index contributed by atoms with van der Waals surface area (Å²) in [6, 6.07) is 17.8. The highest BCUT2D eigenvalue weighted by atomic mass is 32.2. The topological polar surface area (TPSA) is 73.8 Å². The van der Waals surface area contributed by atoms with Crippen molar-refractivity contribution in [2.24, 2.45) is 0 Å². The van der Waals surface area contributed by atoms with Crippen LogP contribution in [0.25, 0.3) is 5.69 Å². The van der Waals surface area contributed by atoms with Crippen LogP contribution in [0, 0.1) is 17.0 Å². The van der Waals surface area contributed by atoms with Gasteiger partial charge in [-0.25, -0.2) is 0 Å². The number of hydrogen-bond acceptors (Lipinski definition) is 5. The van der Waals surface area contributed by atoms with Gasteiger partial charge in [-0.1, -0.05) is 68.1 Å². The largest absolute Gasteiger partial charge is 0.274 e.